The summed E-state index contributed by atoms with van der Waals surface area (Å²) in [5.41, 5.74) is 4.22. The second kappa shape index (κ2) is 4.59. The number of hydrogen-bond acceptors (Lipinski definition) is 1. The number of allylic oxidation sites excluding steroid dienone is 3. The summed E-state index contributed by atoms with van der Waals surface area (Å²) in [6, 6.07) is 0. The molecule has 1 rings (SSSR count). The number of Topliss-reactive ketones (excluding diaryl/α,β-unsaturated/α-hetero) is 1. The number of ketones is 1. The number of carbonyl (C=O) groups is 1. The van der Waals surface area contributed by atoms with Crippen molar-refractivity contribution < 1.29 is 4.79 Å². The van der Waals surface area contributed by atoms with Gasteiger partial charge in [0.15, 0.2) is 0 Å². The van der Waals surface area contributed by atoms with Crippen LogP contribution in [0.2, 0.25) is 0 Å². The molecule has 0 spiro atoms. The van der Waals surface area contributed by atoms with Crippen LogP contribution >= 0.6 is 0 Å². The van der Waals surface area contributed by atoms with Gasteiger partial charge < -0.3 is 4.79 Å². The third-order valence-corrected chi connectivity index (χ3v) is 3.12. The van der Waals surface area contributed by atoms with Crippen molar-refractivity contribution in [1.29, 1.82) is 0 Å². The van der Waals surface area contributed by atoms with E-state index < -0.39 is 0 Å². The highest BCUT2D eigenvalue weighted by molar-refractivity contribution is 5.75. The third kappa shape index (κ3) is 2.57. The molecule has 0 bridgehead atoms. The van der Waals surface area contributed by atoms with Crippen LogP contribution in [0.4, 0.5) is 0 Å². The van der Waals surface area contributed by atoms with Crippen molar-refractivity contribution in [3.05, 3.63) is 23.3 Å². The van der Waals surface area contributed by atoms with Crippen LogP contribution in [0.15, 0.2) is 23.3 Å². The minimum atomic E-state index is 0.290. The summed E-state index contributed by atoms with van der Waals surface area (Å²) in [7, 11) is 0. The van der Waals surface area contributed by atoms with Crippen molar-refractivity contribution in [2.75, 3.05) is 0 Å². The van der Waals surface area contributed by atoms with Crippen LogP contribution in [0.25, 0.3) is 0 Å². The van der Waals surface area contributed by atoms with E-state index >= 15 is 0 Å². The zero-order chi connectivity index (χ0) is 10.7. The molecule has 0 N–H and O–H groups in total. The summed E-state index contributed by atoms with van der Waals surface area (Å²) in [4.78, 5) is 10.9. The Morgan fingerprint density at radius 1 is 1.50 bits per heavy atom. The molecule has 0 saturated carbocycles. The first-order valence-corrected chi connectivity index (χ1v) is 5.35. The van der Waals surface area contributed by atoms with Gasteiger partial charge in [-0.2, -0.15) is 0 Å². The largest absolute Gasteiger partial charge is 0.300 e. The van der Waals surface area contributed by atoms with Crippen molar-refractivity contribution in [3.63, 3.8) is 0 Å². The summed E-state index contributed by atoms with van der Waals surface area (Å²) < 4.78 is 0. The first-order chi connectivity index (χ1) is 6.52. The fraction of sp³-hybridized carbons (Fsp3) is 0.615. The topological polar surface area (TPSA) is 17.1 Å². The molecule has 0 amide bonds. The van der Waals surface area contributed by atoms with E-state index in [1.54, 1.807) is 6.92 Å². The van der Waals surface area contributed by atoms with Gasteiger partial charge in [-0.25, -0.2) is 0 Å². The summed E-state index contributed by atoms with van der Waals surface area (Å²) in [6.07, 6.45) is 4.02. The number of hydrogen-bond donors (Lipinski definition) is 0. The molecule has 0 aromatic rings. The standard InChI is InChI=1S/C13H20O/c1-9(2)12-7-5-10(3)13(12)8-6-11(4)14/h12H,1,5-8H2,2-4H3/t12-/m0/s1. The van der Waals surface area contributed by atoms with Crippen LogP contribution in [0.3, 0.4) is 0 Å². The quantitative estimate of drug-likeness (QED) is 0.621. The highest BCUT2D eigenvalue weighted by Crippen LogP contribution is 2.38. The van der Waals surface area contributed by atoms with Gasteiger partial charge in [0.05, 0.1) is 0 Å². The van der Waals surface area contributed by atoms with Gasteiger partial charge in [-0.15, -0.1) is 0 Å². The van der Waals surface area contributed by atoms with Crippen molar-refractivity contribution in [2.45, 2.75) is 46.5 Å². The van der Waals surface area contributed by atoms with Gasteiger partial charge in [0, 0.05) is 12.3 Å². The zero-order valence-corrected chi connectivity index (χ0v) is 9.52. The van der Waals surface area contributed by atoms with E-state index in [0.29, 0.717) is 12.3 Å². The fourth-order valence-electron chi connectivity index (χ4n) is 2.24. The van der Waals surface area contributed by atoms with E-state index in [-0.39, 0.29) is 5.78 Å². The van der Waals surface area contributed by atoms with E-state index in [0.717, 1.165) is 6.42 Å². The van der Waals surface area contributed by atoms with Crippen LogP contribution in [0, 0.1) is 5.92 Å². The Labute approximate surface area is 86.9 Å². The minimum Gasteiger partial charge on any atom is -0.300 e. The van der Waals surface area contributed by atoms with E-state index in [1.807, 2.05) is 0 Å². The monoisotopic (exact) mass is 192 g/mol. The SMILES string of the molecule is C=C(C)[C@@H]1CCC(C)=C1CCC(C)=O. The normalized spacial score (nSPS) is 21.5. The molecule has 0 aromatic carbocycles. The molecular weight excluding hydrogens is 172 g/mol. The maximum atomic E-state index is 10.9. The summed E-state index contributed by atoms with van der Waals surface area (Å²) in [6.45, 7) is 9.98. The van der Waals surface area contributed by atoms with Crippen molar-refractivity contribution in [1.82, 2.24) is 0 Å². The van der Waals surface area contributed by atoms with Gasteiger partial charge in [-0.05, 0) is 40.0 Å². The van der Waals surface area contributed by atoms with Crippen LogP contribution in [0.5, 0.6) is 0 Å². The number of carbonyl (C=O) groups excluding carboxylic acids is 1. The molecule has 78 valence electrons. The average molecular weight is 192 g/mol. The van der Waals surface area contributed by atoms with E-state index in [2.05, 4.69) is 20.4 Å². The summed E-state index contributed by atoms with van der Waals surface area (Å²) in [5.74, 6) is 0.840. The zero-order valence-electron chi connectivity index (χ0n) is 9.52. The Morgan fingerprint density at radius 3 is 2.64 bits per heavy atom. The molecule has 0 aromatic heterocycles. The van der Waals surface area contributed by atoms with Gasteiger partial charge in [-0.3, -0.25) is 0 Å². The number of rotatable bonds is 4. The molecule has 0 heterocycles. The summed E-state index contributed by atoms with van der Waals surface area (Å²) >= 11 is 0. The Bertz CT molecular complexity index is 284. The molecule has 0 saturated heterocycles. The van der Waals surface area contributed by atoms with Crippen LogP contribution < -0.4 is 0 Å². The molecular formula is C13H20O. The maximum absolute atomic E-state index is 10.9. The van der Waals surface area contributed by atoms with Crippen LogP contribution in [-0.4, -0.2) is 5.78 Å². The highest BCUT2D eigenvalue weighted by atomic mass is 16.1. The molecule has 0 aliphatic heterocycles. The first kappa shape index (κ1) is 11.2. The smallest absolute Gasteiger partial charge is 0.130 e. The van der Waals surface area contributed by atoms with Crippen molar-refractivity contribution >= 4 is 5.78 Å². The lowest BCUT2D eigenvalue weighted by atomic mass is 9.90. The van der Waals surface area contributed by atoms with Crippen molar-refractivity contribution in [3.8, 4) is 0 Å². The molecule has 1 atom stereocenters. The lowest BCUT2D eigenvalue weighted by molar-refractivity contribution is -0.116. The average Bonchev–Trinajstić information content (AvgIpc) is 2.43. The Morgan fingerprint density at radius 2 is 2.14 bits per heavy atom. The predicted octanol–water partition coefficient (Wildman–Crippen LogP) is 3.66. The maximum Gasteiger partial charge on any atom is 0.130 e. The minimum absolute atomic E-state index is 0.290. The van der Waals surface area contributed by atoms with Gasteiger partial charge in [0.2, 0.25) is 0 Å². The lowest BCUT2D eigenvalue weighted by Crippen LogP contribution is -2.02. The predicted molar refractivity (Wildman–Crippen MR) is 60.2 cm³/mol. The summed E-state index contributed by atoms with van der Waals surface area (Å²) in [5, 5.41) is 0. The molecule has 0 unspecified atom stereocenters. The first-order valence-electron chi connectivity index (χ1n) is 5.35. The molecule has 1 heteroatoms. The Balaban J connectivity index is 2.67. The molecule has 1 aliphatic carbocycles. The molecule has 14 heavy (non-hydrogen) atoms. The fourth-order valence-corrected chi connectivity index (χ4v) is 2.24. The van der Waals surface area contributed by atoms with E-state index in [1.165, 1.54) is 29.6 Å². The van der Waals surface area contributed by atoms with Gasteiger partial charge in [0.1, 0.15) is 5.78 Å². The molecule has 1 nitrogen and oxygen atoms in total. The molecule has 0 fully saturated rings. The molecule has 1 aliphatic rings. The van der Waals surface area contributed by atoms with Crippen LogP contribution in [-0.2, 0) is 4.79 Å². The Kier molecular flexibility index (Phi) is 3.68. The van der Waals surface area contributed by atoms with Gasteiger partial charge in [-0.1, -0.05) is 23.3 Å². The highest BCUT2D eigenvalue weighted by Gasteiger charge is 2.23. The van der Waals surface area contributed by atoms with Gasteiger partial charge in [0.25, 0.3) is 0 Å². The second-order valence-electron chi connectivity index (χ2n) is 4.45. The van der Waals surface area contributed by atoms with Gasteiger partial charge >= 0.3 is 0 Å². The van der Waals surface area contributed by atoms with Crippen molar-refractivity contribution in [2.24, 2.45) is 5.92 Å². The second-order valence-corrected chi connectivity index (χ2v) is 4.45. The van der Waals surface area contributed by atoms with Crippen LogP contribution in [0.1, 0.15) is 46.5 Å². The Hall–Kier alpha value is -0.850. The van der Waals surface area contributed by atoms with E-state index in [9.17, 15) is 4.79 Å². The van der Waals surface area contributed by atoms with E-state index in [4.69, 9.17) is 0 Å². The molecule has 0 radical (unpaired) electrons. The third-order valence-electron chi connectivity index (χ3n) is 3.12. The lowest BCUT2D eigenvalue weighted by Gasteiger charge is -2.14.